The largest absolute Gasteiger partial charge is 0.336 e. The first-order valence-corrected chi connectivity index (χ1v) is 7.68. The summed E-state index contributed by atoms with van der Waals surface area (Å²) in [6, 6.07) is 0.337. The van der Waals surface area contributed by atoms with Crippen LogP contribution in [0.3, 0.4) is 0 Å². The van der Waals surface area contributed by atoms with E-state index in [9.17, 15) is 4.79 Å². The van der Waals surface area contributed by atoms with Gasteiger partial charge in [-0.3, -0.25) is 4.79 Å². The van der Waals surface area contributed by atoms with E-state index < -0.39 is 0 Å². The van der Waals surface area contributed by atoms with Crippen molar-refractivity contribution >= 4 is 17.2 Å². The second kappa shape index (κ2) is 5.36. The second-order valence-electron chi connectivity index (χ2n) is 5.17. The van der Waals surface area contributed by atoms with E-state index in [1.807, 2.05) is 31.1 Å². The molecule has 3 rings (SSSR count). The molecule has 0 N–H and O–H groups in total. The molecule has 0 aliphatic carbocycles. The van der Waals surface area contributed by atoms with E-state index in [2.05, 4.69) is 14.5 Å². The highest BCUT2D eigenvalue weighted by Gasteiger charge is 2.26. The molecule has 2 aromatic heterocycles. The first-order chi connectivity index (χ1) is 9.65. The van der Waals surface area contributed by atoms with Crippen LogP contribution in [0.4, 0.5) is 0 Å². The van der Waals surface area contributed by atoms with Gasteiger partial charge in [-0.15, -0.1) is 11.3 Å². The number of hydrogen-bond donors (Lipinski definition) is 0. The summed E-state index contributed by atoms with van der Waals surface area (Å²) in [6.45, 7) is 5.52. The molecule has 0 radical (unpaired) electrons. The van der Waals surface area contributed by atoms with Crippen LogP contribution < -0.4 is 0 Å². The predicted octanol–water partition coefficient (Wildman–Crippen LogP) is 2.43. The van der Waals surface area contributed by atoms with Crippen LogP contribution in [0, 0.1) is 13.8 Å². The average molecular weight is 290 g/mol. The Balaban J connectivity index is 1.75. The normalized spacial score (nSPS) is 19.3. The minimum absolute atomic E-state index is 0.109. The van der Waals surface area contributed by atoms with Crippen LogP contribution in [0.15, 0.2) is 18.6 Å². The molecule has 0 unspecified atom stereocenters. The molecule has 3 heterocycles. The van der Waals surface area contributed by atoms with Crippen molar-refractivity contribution in [2.24, 2.45) is 0 Å². The van der Waals surface area contributed by atoms with Gasteiger partial charge >= 0.3 is 0 Å². The Morgan fingerprint density at radius 2 is 2.25 bits per heavy atom. The Hall–Kier alpha value is -1.69. The van der Waals surface area contributed by atoms with Crippen molar-refractivity contribution in [2.75, 3.05) is 13.1 Å². The number of amides is 1. The third kappa shape index (κ3) is 2.47. The van der Waals surface area contributed by atoms with Gasteiger partial charge in [-0.2, -0.15) is 0 Å². The molecular weight excluding hydrogens is 272 g/mol. The molecule has 106 valence electrons. The van der Waals surface area contributed by atoms with Crippen molar-refractivity contribution in [3.8, 4) is 0 Å². The summed E-state index contributed by atoms with van der Waals surface area (Å²) in [5, 5.41) is 0.937. The van der Waals surface area contributed by atoms with Crippen LogP contribution in [0.25, 0.3) is 0 Å². The number of likely N-dealkylation sites (tertiary alicyclic amines) is 1. The lowest BCUT2D eigenvalue weighted by Gasteiger charge is -2.33. The molecule has 2 aromatic rings. The van der Waals surface area contributed by atoms with Gasteiger partial charge in [0.1, 0.15) is 10.7 Å². The van der Waals surface area contributed by atoms with Gasteiger partial charge in [0.05, 0.1) is 17.2 Å². The van der Waals surface area contributed by atoms with Gasteiger partial charge in [-0.05, 0) is 26.7 Å². The zero-order valence-corrected chi connectivity index (χ0v) is 12.6. The third-order valence-corrected chi connectivity index (χ3v) is 4.67. The first kappa shape index (κ1) is 13.3. The first-order valence-electron chi connectivity index (χ1n) is 6.86. The van der Waals surface area contributed by atoms with E-state index in [1.54, 1.807) is 6.20 Å². The zero-order valence-electron chi connectivity index (χ0n) is 11.7. The number of aryl methyl sites for hydroxylation is 2. The molecule has 1 aliphatic rings. The Kier molecular flexibility index (Phi) is 3.56. The van der Waals surface area contributed by atoms with Gasteiger partial charge in [-0.25, -0.2) is 9.97 Å². The minimum atomic E-state index is 0.109. The molecule has 1 atom stereocenters. The second-order valence-corrected chi connectivity index (χ2v) is 6.41. The molecule has 1 amide bonds. The fraction of sp³-hybridized carbons (Fsp3) is 0.500. The Morgan fingerprint density at radius 3 is 2.90 bits per heavy atom. The van der Waals surface area contributed by atoms with Gasteiger partial charge in [-0.1, -0.05) is 0 Å². The van der Waals surface area contributed by atoms with Crippen molar-refractivity contribution in [2.45, 2.75) is 32.7 Å². The highest BCUT2D eigenvalue weighted by Crippen LogP contribution is 2.25. The monoisotopic (exact) mass is 290 g/mol. The molecule has 0 spiro atoms. The maximum absolute atomic E-state index is 12.5. The summed E-state index contributed by atoms with van der Waals surface area (Å²) in [6.07, 6.45) is 7.65. The lowest BCUT2D eigenvalue weighted by atomic mass is 10.1. The highest BCUT2D eigenvalue weighted by atomic mass is 32.1. The number of rotatable bonds is 2. The van der Waals surface area contributed by atoms with Gasteiger partial charge in [0, 0.05) is 25.5 Å². The average Bonchev–Trinajstić information content (AvgIpc) is 3.07. The molecular formula is C14H18N4OS. The fourth-order valence-electron chi connectivity index (χ4n) is 2.76. The Bertz CT molecular complexity index is 618. The Morgan fingerprint density at radius 1 is 1.40 bits per heavy atom. The Labute approximate surface area is 122 Å². The maximum atomic E-state index is 12.5. The molecule has 1 fully saturated rings. The molecule has 6 heteroatoms. The smallest absolute Gasteiger partial charge is 0.265 e. The quantitative estimate of drug-likeness (QED) is 0.853. The summed E-state index contributed by atoms with van der Waals surface area (Å²) in [5.41, 5.74) is 0. The molecule has 0 bridgehead atoms. The number of hydrogen-bond acceptors (Lipinski definition) is 4. The number of thiazole rings is 1. The summed E-state index contributed by atoms with van der Waals surface area (Å²) >= 11 is 1.47. The standard InChI is InChI=1S/C14H18N4OS/c1-10-15-5-7-18(10)12-4-3-6-17(9-12)14(19)13-8-16-11(2)20-13/h5,7-8,12H,3-4,6,9H2,1-2H3/t12-/m1/s1. The van der Waals surface area contributed by atoms with Gasteiger partial charge in [0.25, 0.3) is 5.91 Å². The number of carbonyl (C=O) groups excluding carboxylic acids is 1. The minimum Gasteiger partial charge on any atom is -0.336 e. The van der Waals surface area contributed by atoms with E-state index in [4.69, 9.17) is 0 Å². The molecule has 0 saturated carbocycles. The van der Waals surface area contributed by atoms with Crippen LogP contribution in [0.5, 0.6) is 0 Å². The molecule has 5 nitrogen and oxygen atoms in total. The van der Waals surface area contributed by atoms with Crippen LogP contribution in [0.1, 0.15) is 39.4 Å². The van der Waals surface area contributed by atoms with E-state index in [0.717, 1.165) is 41.6 Å². The van der Waals surface area contributed by atoms with Crippen molar-refractivity contribution < 1.29 is 4.79 Å². The van der Waals surface area contributed by atoms with Crippen molar-refractivity contribution in [1.82, 2.24) is 19.4 Å². The van der Waals surface area contributed by atoms with Crippen molar-refractivity contribution in [3.63, 3.8) is 0 Å². The lowest BCUT2D eigenvalue weighted by molar-refractivity contribution is 0.0683. The number of aromatic nitrogens is 3. The topological polar surface area (TPSA) is 51.0 Å². The van der Waals surface area contributed by atoms with Gasteiger partial charge < -0.3 is 9.47 Å². The van der Waals surface area contributed by atoms with E-state index in [0.29, 0.717) is 6.04 Å². The molecule has 20 heavy (non-hydrogen) atoms. The zero-order chi connectivity index (χ0) is 14.1. The highest BCUT2D eigenvalue weighted by molar-refractivity contribution is 7.13. The molecule has 1 saturated heterocycles. The number of nitrogens with zero attached hydrogens (tertiary/aromatic N) is 4. The van der Waals surface area contributed by atoms with Crippen LogP contribution in [-0.2, 0) is 0 Å². The van der Waals surface area contributed by atoms with Gasteiger partial charge in [0.15, 0.2) is 0 Å². The number of imidazole rings is 1. The number of piperidine rings is 1. The maximum Gasteiger partial charge on any atom is 0.265 e. The summed E-state index contributed by atoms with van der Waals surface area (Å²) in [5.74, 6) is 1.12. The number of carbonyl (C=O) groups is 1. The predicted molar refractivity (Wildman–Crippen MR) is 78.0 cm³/mol. The fourth-order valence-corrected chi connectivity index (χ4v) is 3.50. The molecule has 1 aliphatic heterocycles. The van der Waals surface area contributed by atoms with Crippen LogP contribution in [-0.4, -0.2) is 38.4 Å². The van der Waals surface area contributed by atoms with E-state index in [1.165, 1.54) is 11.3 Å². The summed E-state index contributed by atoms with van der Waals surface area (Å²) < 4.78 is 2.18. The lowest BCUT2D eigenvalue weighted by Crippen LogP contribution is -2.40. The van der Waals surface area contributed by atoms with Crippen LogP contribution >= 0.6 is 11.3 Å². The van der Waals surface area contributed by atoms with Gasteiger partial charge in [0.2, 0.25) is 0 Å². The van der Waals surface area contributed by atoms with Crippen molar-refractivity contribution in [1.29, 1.82) is 0 Å². The molecule has 0 aromatic carbocycles. The van der Waals surface area contributed by atoms with Crippen molar-refractivity contribution in [3.05, 3.63) is 34.3 Å². The van der Waals surface area contributed by atoms with E-state index >= 15 is 0 Å². The SMILES string of the molecule is Cc1ncc(C(=O)N2CCC[C@@H](n3ccnc3C)C2)s1. The summed E-state index contributed by atoms with van der Waals surface area (Å²) in [4.78, 5) is 23.6. The summed E-state index contributed by atoms with van der Waals surface area (Å²) in [7, 11) is 0. The van der Waals surface area contributed by atoms with Crippen LogP contribution in [0.2, 0.25) is 0 Å². The third-order valence-electron chi connectivity index (χ3n) is 3.77. The van der Waals surface area contributed by atoms with E-state index in [-0.39, 0.29) is 5.91 Å².